The number of fused-ring (bicyclic) bond motifs is 5. The number of rotatable bonds is 9. The molecule has 4 heterocycles. The van der Waals surface area contributed by atoms with Gasteiger partial charge in [0.1, 0.15) is 30.2 Å². The molecule has 0 bridgehead atoms. The van der Waals surface area contributed by atoms with Crippen molar-refractivity contribution < 1.29 is 23.0 Å². The Morgan fingerprint density at radius 1 is 1.12 bits per heavy atom. The standard InChI is InChI=1S/C38H40F2N6O3/c1-22(39)36(47)46-14-13-44(20-25(46)18-41-2)35-30-10-9-29(27-5-3-6-28-31-15-23(31)16-32(27)28)34(49-26-7-8-26)33(30)42-37(43-35)48-21-38-11-4-12-45(38)19-24(40)17-38/h3,5-6,9-10,23-26,31H,1,4,7-8,11-21H2/t23-,24+,25-,31-,38-/m0/s1. The molecular formula is C38H40F2N6O3. The first kappa shape index (κ1) is 30.7. The van der Waals surface area contributed by atoms with Gasteiger partial charge < -0.3 is 24.1 Å². The lowest BCUT2D eigenvalue weighted by atomic mass is 9.93. The van der Waals surface area contributed by atoms with Crippen LogP contribution in [0.3, 0.4) is 0 Å². The molecule has 9 nitrogen and oxygen atoms in total. The third kappa shape index (κ3) is 5.30. The number of ether oxygens (including phenoxy) is 2. The van der Waals surface area contributed by atoms with E-state index in [9.17, 15) is 13.6 Å². The molecule has 5 fully saturated rings. The van der Waals surface area contributed by atoms with Crippen molar-refractivity contribution in [1.29, 1.82) is 0 Å². The Kier molecular flexibility index (Phi) is 7.31. The summed E-state index contributed by atoms with van der Waals surface area (Å²) in [6, 6.07) is 10.4. The van der Waals surface area contributed by atoms with Gasteiger partial charge in [-0.05, 0) is 85.7 Å². The number of nitrogens with zero attached hydrogens (tertiary/aromatic N) is 6. The minimum absolute atomic E-state index is 0.0198. The highest BCUT2D eigenvalue weighted by Gasteiger charge is 2.50. The zero-order chi connectivity index (χ0) is 33.4. The summed E-state index contributed by atoms with van der Waals surface area (Å²) >= 11 is 0. The predicted molar refractivity (Wildman–Crippen MR) is 181 cm³/mol. The lowest BCUT2D eigenvalue weighted by Crippen LogP contribution is -2.56. The van der Waals surface area contributed by atoms with Crippen LogP contribution in [0.2, 0.25) is 0 Å². The number of hydrogen-bond acceptors (Lipinski definition) is 7. The van der Waals surface area contributed by atoms with Gasteiger partial charge in [0.25, 0.3) is 5.91 Å². The molecule has 3 aliphatic carbocycles. The van der Waals surface area contributed by atoms with Crippen molar-refractivity contribution in [2.24, 2.45) is 5.92 Å². The highest BCUT2D eigenvalue weighted by molar-refractivity contribution is 5.99. The monoisotopic (exact) mass is 666 g/mol. The number of alkyl halides is 1. The smallest absolute Gasteiger partial charge is 0.319 e. The molecule has 1 aromatic heterocycles. The predicted octanol–water partition coefficient (Wildman–Crippen LogP) is 5.87. The molecule has 254 valence electrons. The zero-order valence-electron chi connectivity index (χ0n) is 27.5. The van der Waals surface area contributed by atoms with Crippen molar-refractivity contribution >= 4 is 22.6 Å². The Hall–Kier alpha value is -4.30. The largest absolute Gasteiger partial charge is 0.487 e. The number of halogens is 2. The molecule has 5 atom stereocenters. The van der Waals surface area contributed by atoms with Crippen LogP contribution < -0.4 is 14.4 Å². The number of piperazine rings is 1. The van der Waals surface area contributed by atoms with Gasteiger partial charge in [0.15, 0.2) is 11.6 Å². The molecule has 49 heavy (non-hydrogen) atoms. The van der Waals surface area contributed by atoms with Crippen LogP contribution in [-0.2, 0) is 11.2 Å². The van der Waals surface area contributed by atoms with Gasteiger partial charge in [0.05, 0.1) is 11.6 Å². The maximum absolute atomic E-state index is 14.6. The highest BCUT2D eigenvalue weighted by atomic mass is 19.1. The summed E-state index contributed by atoms with van der Waals surface area (Å²) in [6.45, 7) is 13.2. The van der Waals surface area contributed by atoms with E-state index in [1.807, 2.05) is 11.0 Å². The highest BCUT2D eigenvalue weighted by Crippen LogP contribution is 2.58. The van der Waals surface area contributed by atoms with Gasteiger partial charge >= 0.3 is 6.01 Å². The summed E-state index contributed by atoms with van der Waals surface area (Å²) < 4.78 is 41.9. The first-order valence-electron chi connectivity index (χ1n) is 17.7. The minimum Gasteiger partial charge on any atom is -0.487 e. The lowest BCUT2D eigenvalue weighted by molar-refractivity contribution is -0.131. The fourth-order valence-corrected chi connectivity index (χ4v) is 9.05. The Bertz CT molecular complexity index is 1910. The molecule has 0 unspecified atom stereocenters. The zero-order valence-corrected chi connectivity index (χ0v) is 27.5. The van der Waals surface area contributed by atoms with E-state index in [0.29, 0.717) is 42.5 Å². The second-order valence-corrected chi connectivity index (χ2v) is 14.9. The molecular weight excluding hydrogens is 626 g/mol. The number of hydrogen-bond donors (Lipinski definition) is 0. The number of benzene rings is 2. The van der Waals surface area contributed by atoms with Gasteiger partial charge in [-0.1, -0.05) is 24.8 Å². The van der Waals surface area contributed by atoms with E-state index < -0.39 is 23.9 Å². The molecule has 6 aliphatic rings. The Morgan fingerprint density at radius 2 is 2.00 bits per heavy atom. The van der Waals surface area contributed by atoms with Crippen LogP contribution in [0, 0.1) is 12.5 Å². The molecule has 3 aliphatic heterocycles. The number of carbonyl (C=O) groups excluding carboxylic acids is 1. The summed E-state index contributed by atoms with van der Waals surface area (Å²) in [7, 11) is 0. The third-order valence-electron chi connectivity index (χ3n) is 11.7. The topological polar surface area (TPSA) is 75.4 Å². The molecule has 11 heteroatoms. The summed E-state index contributed by atoms with van der Waals surface area (Å²) in [4.78, 5) is 31.9. The Labute approximate surface area is 284 Å². The minimum atomic E-state index is -1.03. The van der Waals surface area contributed by atoms with Crippen molar-refractivity contribution in [3.05, 3.63) is 65.3 Å². The van der Waals surface area contributed by atoms with E-state index in [0.717, 1.165) is 55.5 Å². The molecule has 0 radical (unpaired) electrons. The summed E-state index contributed by atoms with van der Waals surface area (Å²) in [5, 5.41) is 0.781. The van der Waals surface area contributed by atoms with Crippen molar-refractivity contribution in [3.63, 3.8) is 0 Å². The normalized spacial score (nSPS) is 28.6. The molecule has 3 aromatic rings. The van der Waals surface area contributed by atoms with Gasteiger partial charge in [0.2, 0.25) is 6.54 Å². The van der Waals surface area contributed by atoms with E-state index >= 15 is 0 Å². The van der Waals surface area contributed by atoms with E-state index in [4.69, 9.17) is 26.0 Å². The Balaban J connectivity index is 1.15. The van der Waals surface area contributed by atoms with Crippen LogP contribution in [-0.4, -0.2) is 95.4 Å². The molecule has 0 spiro atoms. The number of anilines is 1. The number of aromatic nitrogens is 2. The van der Waals surface area contributed by atoms with Crippen molar-refractivity contribution in [1.82, 2.24) is 19.8 Å². The van der Waals surface area contributed by atoms with E-state index in [1.54, 1.807) is 0 Å². The van der Waals surface area contributed by atoms with Crippen molar-refractivity contribution in [2.45, 2.75) is 74.7 Å². The van der Waals surface area contributed by atoms with Crippen LogP contribution in [0.1, 0.15) is 55.6 Å². The van der Waals surface area contributed by atoms with Crippen molar-refractivity contribution in [2.75, 3.05) is 50.8 Å². The molecule has 1 amide bonds. The Morgan fingerprint density at radius 3 is 2.82 bits per heavy atom. The lowest BCUT2D eigenvalue weighted by Gasteiger charge is -2.39. The van der Waals surface area contributed by atoms with Gasteiger partial charge in [-0.3, -0.25) is 9.69 Å². The second-order valence-electron chi connectivity index (χ2n) is 14.9. The molecule has 9 rings (SSSR count). The quantitative estimate of drug-likeness (QED) is 0.209. The van der Waals surface area contributed by atoms with Crippen LogP contribution in [0.15, 0.2) is 42.7 Å². The fraction of sp³-hybridized carbons (Fsp3) is 0.526. The molecule has 3 saturated heterocycles. The first-order chi connectivity index (χ1) is 23.8. The summed E-state index contributed by atoms with van der Waals surface area (Å²) in [6.07, 6.45) is 5.83. The average molecular weight is 667 g/mol. The summed E-state index contributed by atoms with van der Waals surface area (Å²) in [5.41, 5.74) is 5.31. The second kappa shape index (κ2) is 11.7. The average Bonchev–Trinajstić information content (AvgIpc) is 3.97. The van der Waals surface area contributed by atoms with Crippen LogP contribution in [0.25, 0.3) is 26.9 Å². The van der Waals surface area contributed by atoms with Gasteiger partial charge in [-0.15, -0.1) is 0 Å². The summed E-state index contributed by atoms with van der Waals surface area (Å²) in [5.74, 6) is 0.904. The van der Waals surface area contributed by atoms with Crippen molar-refractivity contribution in [3.8, 4) is 22.9 Å². The first-order valence-corrected chi connectivity index (χ1v) is 17.7. The SMILES string of the molecule is [C-]#[N+]C[C@H]1CN(c2nc(OC[C@@]34CCCN3C[C@H](F)C4)nc3c(OC4CC4)c(-c4cccc5c4C[C@@H]4C[C@H]54)ccc23)CCN1C(=O)C(=C)F. The van der Waals surface area contributed by atoms with Crippen LogP contribution >= 0.6 is 0 Å². The van der Waals surface area contributed by atoms with E-state index in [2.05, 4.69) is 40.6 Å². The number of carbonyl (C=O) groups is 1. The van der Waals surface area contributed by atoms with Crippen LogP contribution in [0.4, 0.5) is 14.6 Å². The van der Waals surface area contributed by atoms with Gasteiger partial charge in [0, 0.05) is 43.5 Å². The van der Waals surface area contributed by atoms with Gasteiger partial charge in [-0.25, -0.2) is 15.4 Å². The van der Waals surface area contributed by atoms with E-state index in [-0.39, 0.29) is 43.9 Å². The molecule has 2 aromatic carbocycles. The van der Waals surface area contributed by atoms with Gasteiger partial charge in [-0.2, -0.15) is 9.97 Å². The fourth-order valence-electron chi connectivity index (χ4n) is 9.05. The molecule has 2 saturated carbocycles. The van der Waals surface area contributed by atoms with E-state index in [1.165, 1.54) is 28.0 Å². The molecule has 0 N–H and O–H groups in total. The third-order valence-corrected chi connectivity index (χ3v) is 11.7. The van der Waals surface area contributed by atoms with Crippen LogP contribution in [0.5, 0.6) is 11.8 Å². The number of amides is 1. The maximum Gasteiger partial charge on any atom is 0.319 e. The maximum atomic E-state index is 14.6.